The molecule has 1 rings (SSSR count). The minimum Gasteiger partial charge on any atom is -0.507 e. The maximum absolute atomic E-state index is 11.9. The van der Waals surface area contributed by atoms with Crippen LogP contribution < -0.4 is 0 Å². The van der Waals surface area contributed by atoms with Crippen LogP contribution in [-0.4, -0.2) is 10.9 Å². The summed E-state index contributed by atoms with van der Waals surface area (Å²) in [6, 6.07) is 3.59. The second-order valence-corrected chi connectivity index (χ2v) is 4.36. The summed E-state index contributed by atoms with van der Waals surface area (Å²) in [7, 11) is 0. The van der Waals surface area contributed by atoms with Crippen LogP contribution in [0, 0.1) is 13.8 Å². The van der Waals surface area contributed by atoms with E-state index in [-0.39, 0.29) is 11.5 Å². The van der Waals surface area contributed by atoms with Gasteiger partial charge in [0.05, 0.1) is 5.56 Å². The monoisotopic (exact) mass is 220 g/mol. The molecule has 0 atom stereocenters. The number of carbonyl (C=O) groups is 1. The highest BCUT2D eigenvalue weighted by Gasteiger charge is 2.14. The molecule has 0 aliphatic heterocycles. The second-order valence-electron chi connectivity index (χ2n) is 4.36. The summed E-state index contributed by atoms with van der Waals surface area (Å²) in [5.41, 5.74) is 2.36. The normalized spacial score (nSPS) is 10.4. The number of benzene rings is 1. The fourth-order valence-corrected chi connectivity index (χ4v) is 1.97. The molecule has 1 aromatic rings. The third-order valence-electron chi connectivity index (χ3n) is 2.75. The van der Waals surface area contributed by atoms with Crippen molar-refractivity contribution in [3.8, 4) is 5.75 Å². The predicted octanol–water partition coefficient (Wildman–Crippen LogP) is 3.77. The number of rotatable bonds is 5. The number of phenols is 1. The number of phenolic OH excluding ortho intramolecular Hbond substituents is 1. The molecule has 0 heterocycles. The second kappa shape index (κ2) is 5.69. The van der Waals surface area contributed by atoms with Crippen molar-refractivity contribution in [1.82, 2.24) is 0 Å². The molecule has 0 aromatic heterocycles. The Morgan fingerprint density at radius 2 is 1.94 bits per heavy atom. The van der Waals surface area contributed by atoms with Crippen LogP contribution in [0.4, 0.5) is 0 Å². The van der Waals surface area contributed by atoms with Crippen LogP contribution in [0.25, 0.3) is 0 Å². The van der Waals surface area contributed by atoms with Gasteiger partial charge < -0.3 is 5.11 Å². The van der Waals surface area contributed by atoms with Crippen molar-refractivity contribution in [1.29, 1.82) is 0 Å². The van der Waals surface area contributed by atoms with Crippen LogP contribution in [0.5, 0.6) is 5.75 Å². The summed E-state index contributed by atoms with van der Waals surface area (Å²) in [5, 5.41) is 9.78. The molecule has 0 aliphatic carbocycles. The Labute approximate surface area is 97.3 Å². The Bertz CT molecular complexity index is 357. The summed E-state index contributed by atoms with van der Waals surface area (Å²) < 4.78 is 0. The molecule has 0 saturated heterocycles. The minimum atomic E-state index is 0.0588. The van der Waals surface area contributed by atoms with Crippen molar-refractivity contribution >= 4 is 5.78 Å². The van der Waals surface area contributed by atoms with Crippen molar-refractivity contribution in [3.05, 3.63) is 28.8 Å². The number of aromatic hydroxyl groups is 1. The minimum absolute atomic E-state index is 0.0588. The number of aryl methyl sites for hydroxylation is 2. The molecule has 88 valence electrons. The zero-order chi connectivity index (χ0) is 12.1. The van der Waals surface area contributed by atoms with Crippen molar-refractivity contribution < 1.29 is 9.90 Å². The van der Waals surface area contributed by atoms with Gasteiger partial charge in [0.2, 0.25) is 0 Å². The van der Waals surface area contributed by atoms with Crippen LogP contribution in [0.1, 0.15) is 54.1 Å². The zero-order valence-corrected chi connectivity index (χ0v) is 10.3. The Hall–Kier alpha value is -1.31. The quantitative estimate of drug-likeness (QED) is 0.605. The zero-order valence-electron chi connectivity index (χ0n) is 10.3. The van der Waals surface area contributed by atoms with Gasteiger partial charge >= 0.3 is 0 Å². The van der Waals surface area contributed by atoms with Crippen LogP contribution in [-0.2, 0) is 0 Å². The lowest BCUT2D eigenvalue weighted by Crippen LogP contribution is -2.02. The van der Waals surface area contributed by atoms with Gasteiger partial charge in [0, 0.05) is 6.42 Å². The Balaban J connectivity index is 2.83. The van der Waals surface area contributed by atoms with Gasteiger partial charge in [-0.3, -0.25) is 4.79 Å². The number of unbranched alkanes of at least 4 members (excludes halogenated alkanes) is 2. The van der Waals surface area contributed by atoms with Crippen LogP contribution in [0.15, 0.2) is 12.1 Å². The number of ketones is 1. The lowest BCUT2D eigenvalue weighted by Gasteiger charge is -2.08. The lowest BCUT2D eigenvalue weighted by molar-refractivity contribution is 0.0976. The molecule has 1 N–H and O–H groups in total. The Kier molecular flexibility index (Phi) is 4.53. The molecule has 0 bridgehead atoms. The number of carbonyl (C=O) groups excluding carboxylic acids is 1. The van der Waals surface area contributed by atoms with E-state index >= 15 is 0 Å². The van der Waals surface area contributed by atoms with Gasteiger partial charge in [0.1, 0.15) is 5.75 Å². The smallest absolute Gasteiger partial charge is 0.166 e. The highest BCUT2D eigenvalue weighted by molar-refractivity contribution is 6.00. The average molecular weight is 220 g/mol. The van der Waals surface area contributed by atoms with Crippen LogP contribution >= 0.6 is 0 Å². The van der Waals surface area contributed by atoms with Crippen molar-refractivity contribution in [2.45, 2.75) is 46.5 Å². The average Bonchev–Trinajstić information content (AvgIpc) is 2.16. The third kappa shape index (κ3) is 3.09. The molecule has 0 aliphatic rings. The summed E-state index contributed by atoms with van der Waals surface area (Å²) in [6.45, 7) is 5.90. The third-order valence-corrected chi connectivity index (χ3v) is 2.75. The topological polar surface area (TPSA) is 37.3 Å². The van der Waals surface area contributed by atoms with Gasteiger partial charge in [-0.05, 0) is 37.5 Å². The largest absolute Gasteiger partial charge is 0.507 e. The van der Waals surface area contributed by atoms with Crippen LogP contribution in [0.2, 0.25) is 0 Å². The molecule has 0 saturated carbocycles. The summed E-state index contributed by atoms with van der Waals surface area (Å²) in [6.07, 6.45) is 3.61. The van der Waals surface area contributed by atoms with Gasteiger partial charge in [0.15, 0.2) is 5.78 Å². The van der Waals surface area contributed by atoms with E-state index in [2.05, 4.69) is 6.92 Å². The molecule has 1 aromatic carbocycles. The van der Waals surface area contributed by atoms with E-state index in [1.54, 1.807) is 6.07 Å². The molecule has 0 fully saturated rings. The molecule has 2 heteroatoms. The SMILES string of the molecule is CCCCCC(=O)c1c(C)cc(C)cc1O. The lowest BCUT2D eigenvalue weighted by atomic mass is 9.97. The number of hydrogen-bond donors (Lipinski definition) is 1. The van der Waals surface area contributed by atoms with E-state index in [4.69, 9.17) is 0 Å². The number of hydrogen-bond acceptors (Lipinski definition) is 2. The molecular formula is C14H20O2. The summed E-state index contributed by atoms with van der Waals surface area (Å²) >= 11 is 0. The first-order chi connectivity index (χ1) is 7.56. The highest BCUT2D eigenvalue weighted by atomic mass is 16.3. The maximum Gasteiger partial charge on any atom is 0.166 e. The molecule has 0 amide bonds. The maximum atomic E-state index is 11.9. The van der Waals surface area contributed by atoms with Gasteiger partial charge in [-0.1, -0.05) is 25.8 Å². The molecule has 0 radical (unpaired) electrons. The first-order valence-electron chi connectivity index (χ1n) is 5.89. The van der Waals surface area contributed by atoms with Gasteiger partial charge in [-0.25, -0.2) is 0 Å². The first kappa shape index (κ1) is 12.8. The van der Waals surface area contributed by atoms with E-state index in [1.165, 1.54) is 0 Å². The number of Topliss-reactive ketones (excluding diaryl/α,β-unsaturated/α-hetero) is 1. The first-order valence-corrected chi connectivity index (χ1v) is 5.89. The molecule has 2 nitrogen and oxygen atoms in total. The predicted molar refractivity (Wildman–Crippen MR) is 66.1 cm³/mol. The van der Waals surface area contributed by atoms with E-state index in [1.807, 2.05) is 19.9 Å². The summed E-state index contributed by atoms with van der Waals surface area (Å²) in [4.78, 5) is 11.9. The Morgan fingerprint density at radius 3 is 2.50 bits per heavy atom. The van der Waals surface area contributed by atoms with Gasteiger partial charge in [-0.2, -0.15) is 0 Å². The fraction of sp³-hybridized carbons (Fsp3) is 0.500. The van der Waals surface area contributed by atoms with Crippen molar-refractivity contribution in [3.63, 3.8) is 0 Å². The van der Waals surface area contributed by atoms with Gasteiger partial charge in [-0.15, -0.1) is 0 Å². The van der Waals surface area contributed by atoms with E-state index < -0.39 is 0 Å². The Morgan fingerprint density at radius 1 is 1.25 bits per heavy atom. The van der Waals surface area contributed by atoms with Gasteiger partial charge in [0.25, 0.3) is 0 Å². The molecular weight excluding hydrogens is 200 g/mol. The van der Waals surface area contributed by atoms with E-state index in [9.17, 15) is 9.90 Å². The van der Waals surface area contributed by atoms with E-state index in [0.29, 0.717) is 12.0 Å². The molecule has 0 unspecified atom stereocenters. The van der Waals surface area contributed by atoms with Crippen molar-refractivity contribution in [2.24, 2.45) is 0 Å². The standard InChI is InChI=1S/C14H20O2/c1-4-5-6-7-12(15)14-11(3)8-10(2)9-13(14)16/h8-9,16H,4-7H2,1-3H3. The highest BCUT2D eigenvalue weighted by Crippen LogP contribution is 2.25. The summed E-state index contributed by atoms with van der Waals surface area (Å²) in [5.74, 6) is 0.183. The molecule has 16 heavy (non-hydrogen) atoms. The fourth-order valence-electron chi connectivity index (χ4n) is 1.97. The van der Waals surface area contributed by atoms with Crippen LogP contribution in [0.3, 0.4) is 0 Å². The van der Waals surface area contributed by atoms with Crippen molar-refractivity contribution in [2.75, 3.05) is 0 Å². The molecule has 0 spiro atoms. The van der Waals surface area contributed by atoms with E-state index in [0.717, 1.165) is 30.4 Å².